The van der Waals surface area contributed by atoms with Crippen molar-refractivity contribution in [2.45, 2.75) is 51.6 Å². The molecule has 2 nitrogen and oxygen atoms in total. The molecule has 0 unspecified atom stereocenters. The Kier molecular flexibility index (Phi) is 5.97. The lowest BCUT2D eigenvalue weighted by Gasteiger charge is -2.28. The molecule has 0 spiro atoms. The van der Waals surface area contributed by atoms with E-state index in [1.807, 2.05) is 19.1 Å². The summed E-state index contributed by atoms with van der Waals surface area (Å²) in [6.07, 6.45) is 9.50. The molecule has 0 aromatic heterocycles. The fraction of sp³-hybridized carbons (Fsp3) is 0.500. The lowest BCUT2D eigenvalue weighted by Crippen LogP contribution is -2.24. The second-order valence-corrected chi connectivity index (χ2v) is 5.74. The van der Waals surface area contributed by atoms with Gasteiger partial charge in [0.25, 0.3) is 0 Å². The smallest absolute Gasteiger partial charge is 0.330 e. The summed E-state index contributed by atoms with van der Waals surface area (Å²) in [4.78, 5) is 11.4. The van der Waals surface area contributed by atoms with Gasteiger partial charge in [0.1, 0.15) is 11.9 Å². The van der Waals surface area contributed by atoms with Gasteiger partial charge in [-0.25, -0.2) is 9.18 Å². The zero-order valence-electron chi connectivity index (χ0n) is 12.6. The number of carbonyl (C=O) groups is 1. The number of carbonyl (C=O) groups excluding carboxylic acids is 1. The quantitative estimate of drug-likeness (QED) is 0.592. The Hall–Kier alpha value is -1.64. The van der Waals surface area contributed by atoms with Crippen LogP contribution < -0.4 is 0 Å². The molecule has 21 heavy (non-hydrogen) atoms. The van der Waals surface area contributed by atoms with Crippen LogP contribution in [0, 0.1) is 11.7 Å². The summed E-state index contributed by atoms with van der Waals surface area (Å²) >= 11 is 0. The van der Waals surface area contributed by atoms with Gasteiger partial charge in [-0.1, -0.05) is 18.2 Å². The Morgan fingerprint density at radius 1 is 1.24 bits per heavy atom. The van der Waals surface area contributed by atoms with Crippen LogP contribution in [0.5, 0.6) is 0 Å². The van der Waals surface area contributed by atoms with Crippen LogP contribution in [0.3, 0.4) is 0 Å². The SMILES string of the molecule is C/C=C/C(=O)OC1CCC(CCc2ccc(F)cc2)CC1. The molecule has 0 atom stereocenters. The maximum atomic E-state index is 12.8. The van der Waals surface area contributed by atoms with E-state index in [1.165, 1.54) is 23.8 Å². The monoisotopic (exact) mass is 290 g/mol. The van der Waals surface area contributed by atoms with Crippen LogP contribution in [0.25, 0.3) is 0 Å². The topological polar surface area (TPSA) is 26.3 Å². The summed E-state index contributed by atoms with van der Waals surface area (Å²) in [5.74, 6) is 0.279. The van der Waals surface area contributed by atoms with Gasteiger partial charge in [-0.2, -0.15) is 0 Å². The summed E-state index contributed by atoms with van der Waals surface area (Å²) in [5, 5.41) is 0. The predicted molar refractivity (Wildman–Crippen MR) is 81.4 cm³/mol. The molecular formula is C18H23FO2. The Morgan fingerprint density at radius 2 is 1.90 bits per heavy atom. The van der Waals surface area contributed by atoms with E-state index in [0.29, 0.717) is 5.92 Å². The number of aryl methyl sites for hydroxylation is 1. The van der Waals surface area contributed by atoms with Crippen LogP contribution in [-0.4, -0.2) is 12.1 Å². The van der Waals surface area contributed by atoms with E-state index in [1.54, 1.807) is 6.08 Å². The van der Waals surface area contributed by atoms with Crippen LogP contribution in [0.15, 0.2) is 36.4 Å². The van der Waals surface area contributed by atoms with Crippen molar-refractivity contribution in [3.05, 3.63) is 47.8 Å². The molecule has 0 N–H and O–H groups in total. The molecule has 1 aromatic rings. The van der Waals surface area contributed by atoms with Crippen molar-refractivity contribution < 1.29 is 13.9 Å². The van der Waals surface area contributed by atoms with Crippen LogP contribution in [0.4, 0.5) is 4.39 Å². The van der Waals surface area contributed by atoms with E-state index >= 15 is 0 Å². The number of esters is 1. The molecule has 3 heteroatoms. The van der Waals surface area contributed by atoms with Gasteiger partial charge >= 0.3 is 5.97 Å². The number of ether oxygens (including phenoxy) is 1. The number of rotatable bonds is 5. The zero-order valence-corrected chi connectivity index (χ0v) is 12.6. The van der Waals surface area contributed by atoms with Crippen molar-refractivity contribution >= 4 is 5.97 Å². The molecule has 0 aliphatic heterocycles. The predicted octanol–water partition coefficient (Wildman–Crippen LogP) is 4.44. The number of hydrogen-bond donors (Lipinski definition) is 0. The number of halogens is 1. The molecule has 0 radical (unpaired) electrons. The third-order valence-corrected chi connectivity index (χ3v) is 4.13. The largest absolute Gasteiger partial charge is 0.459 e. The van der Waals surface area contributed by atoms with E-state index in [2.05, 4.69) is 0 Å². The first-order chi connectivity index (χ1) is 10.2. The summed E-state index contributed by atoms with van der Waals surface area (Å²) in [7, 11) is 0. The molecule has 0 amide bonds. The average molecular weight is 290 g/mol. The highest BCUT2D eigenvalue weighted by atomic mass is 19.1. The molecule has 1 aliphatic rings. The average Bonchev–Trinajstić information content (AvgIpc) is 2.48. The maximum absolute atomic E-state index is 12.8. The Bertz CT molecular complexity index is 470. The Morgan fingerprint density at radius 3 is 2.52 bits per heavy atom. The molecule has 2 rings (SSSR count). The highest BCUT2D eigenvalue weighted by molar-refractivity contribution is 5.81. The first kappa shape index (κ1) is 15.7. The Balaban J connectivity index is 1.69. The van der Waals surface area contributed by atoms with Crippen molar-refractivity contribution in [3.63, 3.8) is 0 Å². The summed E-state index contributed by atoms with van der Waals surface area (Å²) in [6.45, 7) is 1.81. The van der Waals surface area contributed by atoms with Crippen molar-refractivity contribution in [1.82, 2.24) is 0 Å². The van der Waals surface area contributed by atoms with Crippen molar-refractivity contribution in [1.29, 1.82) is 0 Å². The lowest BCUT2D eigenvalue weighted by molar-refractivity contribution is -0.144. The standard InChI is InChI=1S/C18H23FO2/c1-2-3-18(20)21-17-12-8-15(9-13-17)5-4-14-6-10-16(19)11-7-14/h2-3,6-7,10-11,15,17H,4-5,8-9,12-13H2,1H3/b3-2+. The molecule has 1 aliphatic carbocycles. The molecule has 0 saturated heterocycles. The number of hydrogen-bond acceptors (Lipinski definition) is 2. The van der Waals surface area contributed by atoms with Crippen LogP contribution in [-0.2, 0) is 16.0 Å². The summed E-state index contributed by atoms with van der Waals surface area (Å²) in [6, 6.07) is 6.76. The van der Waals surface area contributed by atoms with Gasteiger partial charge in [0.15, 0.2) is 0 Å². The van der Waals surface area contributed by atoms with Crippen LogP contribution >= 0.6 is 0 Å². The van der Waals surface area contributed by atoms with Gasteiger partial charge in [-0.05, 0) is 69.1 Å². The van der Waals surface area contributed by atoms with E-state index in [0.717, 1.165) is 38.5 Å². The van der Waals surface area contributed by atoms with Crippen molar-refractivity contribution in [2.75, 3.05) is 0 Å². The normalized spacial score (nSPS) is 22.4. The molecular weight excluding hydrogens is 267 g/mol. The minimum atomic E-state index is -0.229. The number of allylic oxidation sites excluding steroid dienone is 1. The van der Waals surface area contributed by atoms with Crippen molar-refractivity contribution in [3.8, 4) is 0 Å². The summed E-state index contributed by atoms with van der Waals surface area (Å²) < 4.78 is 18.2. The first-order valence-corrected chi connectivity index (χ1v) is 7.75. The van der Waals surface area contributed by atoms with Crippen molar-refractivity contribution in [2.24, 2.45) is 5.92 Å². The molecule has 114 valence electrons. The highest BCUT2D eigenvalue weighted by Crippen LogP contribution is 2.29. The van der Waals surface area contributed by atoms with E-state index in [4.69, 9.17) is 4.74 Å². The van der Waals surface area contributed by atoms with E-state index in [-0.39, 0.29) is 17.9 Å². The van der Waals surface area contributed by atoms with Crippen LogP contribution in [0.2, 0.25) is 0 Å². The minimum absolute atomic E-state index is 0.0794. The zero-order chi connectivity index (χ0) is 15.1. The van der Waals surface area contributed by atoms with Gasteiger partial charge in [0.2, 0.25) is 0 Å². The van der Waals surface area contributed by atoms with Gasteiger partial charge in [0.05, 0.1) is 0 Å². The first-order valence-electron chi connectivity index (χ1n) is 7.75. The molecule has 0 heterocycles. The van der Waals surface area contributed by atoms with Gasteiger partial charge in [0, 0.05) is 6.08 Å². The third kappa shape index (κ3) is 5.33. The fourth-order valence-electron chi connectivity index (χ4n) is 2.90. The Labute approximate surface area is 126 Å². The van der Waals surface area contributed by atoms with E-state index in [9.17, 15) is 9.18 Å². The molecule has 1 aromatic carbocycles. The second kappa shape index (κ2) is 7.96. The number of benzene rings is 1. The minimum Gasteiger partial charge on any atom is -0.459 e. The molecule has 0 bridgehead atoms. The van der Waals surface area contributed by atoms with E-state index < -0.39 is 0 Å². The maximum Gasteiger partial charge on any atom is 0.330 e. The van der Waals surface area contributed by atoms with Crippen LogP contribution in [0.1, 0.15) is 44.6 Å². The highest BCUT2D eigenvalue weighted by Gasteiger charge is 2.23. The van der Waals surface area contributed by atoms with Gasteiger partial charge in [-0.15, -0.1) is 0 Å². The third-order valence-electron chi connectivity index (χ3n) is 4.13. The molecule has 1 saturated carbocycles. The summed E-state index contributed by atoms with van der Waals surface area (Å²) in [5.41, 5.74) is 1.19. The lowest BCUT2D eigenvalue weighted by atomic mass is 9.84. The molecule has 1 fully saturated rings. The second-order valence-electron chi connectivity index (χ2n) is 5.74. The van der Waals surface area contributed by atoms with Gasteiger partial charge in [-0.3, -0.25) is 0 Å². The van der Waals surface area contributed by atoms with Gasteiger partial charge < -0.3 is 4.74 Å². The fourth-order valence-corrected chi connectivity index (χ4v) is 2.90.